The lowest BCUT2D eigenvalue weighted by Gasteiger charge is -2.16. The molecule has 0 amide bonds. The number of halogens is 1. The van der Waals surface area contributed by atoms with Gasteiger partial charge in [0.25, 0.3) is 0 Å². The van der Waals surface area contributed by atoms with E-state index < -0.39 is 0 Å². The number of hydrogen-bond acceptors (Lipinski definition) is 3. The second kappa shape index (κ2) is 8.25. The Bertz CT molecular complexity index is 327. The van der Waals surface area contributed by atoms with E-state index in [-0.39, 0.29) is 11.9 Å². The van der Waals surface area contributed by atoms with E-state index in [1.54, 1.807) is 6.07 Å². The largest absolute Gasteiger partial charge is 0.308 e. The van der Waals surface area contributed by atoms with Gasteiger partial charge in [-0.05, 0) is 18.6 Å². The molecule has 1 aromatic heterocycles. The zero-order valence-corrected chi connectivity index (χ0v) is 11.0. The van der Waals surface area contributed by atoms with Crippen molar-refractivity contribution in [1.29, 1.82) is 0 Å². The van der Waals surface area contributed by atoms with Crippen molar-refractivity contribution < 1.29 is 4.39 Å². The number of hydrogen-bond donors (Lipinski definition) is 1. The zero-order chi connectivity index (χ0) is 12.5. The molecule has 0 aliphatic heterocycles. The highest BCUT2D eigenvalue weighted by atomic mass is 32.2. The lowest BCUT2D eigenvalue weighted by atomic mass is 10.1. The first-order valence-corrected chi connectivity index (χ1v) is 6.96. The summed E-state index contributed by atoms with van der Waals surface area (Å²) >= 11 is 1.84. The van der Waals surface area contributed by atoms with Crippen LogP contribution in [0.15, 0.2) is 31.0 Å². The second-order valence-electron chi connectivity index (χ2n) is 3.68. The van der Waals surface area contributed by atoms with Crippen LogP contribution in [0.2, 0.25) is 0 Å². The summed E-state index contributed by atoms with van der Waals surface area (Å²) in [7, 11) is 0. The van der Waals surface area contributed by atoms with Gasteiger partial charge >= 0.3 is 0 Å². The first-order valence-electron chi connectivity index (χ1n) is 5.81. The van der Waals surface area contributed by atoms with Crippen LogP contribution in [0.1, 0.15) is 25.1 Å². The van der Waals surface area contributed by atoms with Crippen molar-refractivity contribution in [2.45, 2.75) is 19.4 Å². The fraction of sp³-hybridized carbons (Fsp3) is 0.462. The number of thioether (sulfide) groups is 1. The van der Waals surface area contributed by atoms with Gasteiger partial charge in [-0.1, -0.05) is 13.0 Å². The van der Waals surface area contributed by atoms with Crippen LogP contribution in [0.5, 0.6) is 0 Å². The van der Waals surface area contributed by atoms with E-state index in [4.69, 9.17) is 0 Å². The van der Waals surface area contributed by atoms with Crippen molar-refractivity contribution in [3.8, 4) is 0 Å². The number of rotatable bonds is 8. The third-order valence-corrected chi connectivity index (χ3v) is 3.35. The van der Waals surface area contributed by atoms with E-state index in [2.05, 4.69) is 23.8 Å². The van der Waals surface area contributed by atoms with Crippen molar-refractivity contribution in [2.24, 2.45) is 0 Å². The van der Waals surface area contributed by atoms with Crippen molar-refractivity contribution >= 4 is 11.8 Å². The minimum Gasteiger partial charge on any atom is -0.308 e. The summed E-state index contributed by atoms with van der Waals surface area (Å²) in [5.74, 6) is 1.74. The molecule has 1 rings (SSSR count). The third kappa shape index (κ3) is 5.33. The average molecular weight is 254 g/mol. The van der Waals surface area contributed by atoms with Gasteiger partial charge in [-0.3, -0.25) is 4.98 Å². The number of pyridine rings is 1. The molecule has 2 nitrogen and oxygen atoms in total. The smallest absolute Gasteiger partial charge is 0.141 e. The molecule has 4 heteroatoms. The van der Waals surface area contributed by atoms with Gasteiger partial charge in [-0.25, -0.2) is 4.39 Å². The molecular weight excluding hydrogens is 235 g/mol. The van der Waals surface area contributed by atoms with Crippen LogP contribution in [0.25, 0.3) is 0 Å². The number of nitrogens with one attached hydrogen (secondary N) is 1. The molecule has 17 heavy (non-hydrogen) atoms. The average Bonchev–Trinajstić information content (AvgIpc) is 2.35. The van der Waals surface area contributed by atoms with Crippen LogP contribution < -0.4 is 5.32 Å². The molecule has 1 atom stereocenters. The molecule has 1 aromatic rings. The zero-order valence-electron chi connectivity index (χ0n) is 10.2. The van der Waals surface area contributed by atoms with E-state index in [1.807, 2.05) is 17.8 Å². The van der Waals surface area contributed by atoms with E-state index in [0.29, 0.717) is 0 Å². The Morgan fingerprint density at radius 2 is 2.41 bits per heavy atom. The molecule has 0 aromatic carbocycles. The Kier molecular flexibility index (Phi) is 6.89. The monoisotopic (exact) mass is 254 g/mol. The predicted octanol–water partition coefficient (Wildman–Crippen LogP) is 3.18. The van der Waals surface area contributed by atoms with Gasteiger partial charge < -0.3 is 5.32 Å². The first-order chi connectivity index (χ1) is 8.27. The van der Waals surface area contributed by atoms with E-state index in [9.17, 15) is 4.39 Å². The molecule has 0 aliphatic rings. The predicted molar refractivity (Wildman–Crippen MR) is 72.8 cm³/mol. The molecule has 0 spiro atoms. The van der Waals surface area contributed by atoms with Gasteiger partial charge in [-0.2, -0.15) is 11.8 Å². The Morgan fingerprint density at radius 1 is 1.59 bits per heavy atom. The molecular formula is C13H19FN2S. The molecule has 1 heterocycles. The minimum absolute atomic E-state index is 0.208. The minimum atomic E-state index is -0.287. The Hall–Kier alpha value is -0.870. The summed E-state index contributed by atoms with van der Waals surface area (Å²) in [4.78, 5) is 4.10. The molecule has 1 unspecified atom stereocenters. The summed E-state index contributed by atoms with van der Waals surface area (Å²) in [6.45, 7) is 6.70. The topological polar surface area (TPSA) is 24.9 Å². The third-order valence-electron chi connectivity index (χ3n) is 2.39. The quantitative estimate of drug-likeness (QED) is 0.570. The highest BCUT2D eigenvalue weighted by Crippen LogP contribution is 2.14. The molecule has 0 radical (unpaired) electrons. The molecule has 0 fully saturated rings. The maximum atomic E-state index is 12.7. The maximum absolute atomic E-state index is 12.7. The van der Waals surface area contributed by atoms with Gasteiger partial charge in [0.15, 0.2) is 0 Å². The Labute approximate surface area is 107 Å². The van der Waals surface area contributed by atoms with E-state index >= 15 is 0 Å². The molecule has 0 bridgehead atoms. The molecule has 0 aliphatic carbocycles. The highest BCUT2D eigenvalue weighted by Gasteiger charge is 2.09. The van der Waals surface area contributed by atoms with Crippen molar-refractivity contribution in [3.63, 3.8) is 0 Å². The summed E-state index contributed by atoms with van der Waals surface area (Å²) in [6, 6.07) is 3.41. The van der Waals surface area contributed by atoms with Crippen LogP contribution in [0.3, 0.4) is 0 Å². The first kappa shape index (κ1) is 14.2. The molecule has 94 valence electrons. The van der Waals surface area contributed by atoms with Crippen molar-refractivity contribution in [1.82, 2.24) is 10.3 Å². The van der Waals surface area contributed by atoms with Crippen LogP contribution in [0.4, 0.5) is 4.39 Å². The second-order valence-corrected chi connectivity index (χ2v) is 4.83. The van der Waals surface area contributed by atoms with Crippen molar-refractivity contribution in [2.75, 3.05) is 18.1 Å². The van der Waals surface area contributed by atoms with E-state index in [0.717, 1.165) is 30.2 Å². The SMILES string of the molecule is C=CCSCCNC(CC)c1ccc(F)cn1. The lowest BCUT2D eigenvalue weighted by molar-refractivity contribution is 0.522. The van der Waals surface area contributed by atoms with Crippen molar-refractivity contribution in [3.05, 3.63) is 42.5 Å². The maximum Gasteiger partial charge on any atom is 0.141 e. The van der Waals surface area contributed by atoms with E-state index in [1.165, 1.54) is 12.3 Å². The van der Waals surface area contributed by atoms with Gasteiger partial charge in [0.1, 0.15) is 5.82 Å². The van der Waals surface area contributed by atoms with Gasteiger partial charge in [0.05, 0.1) is 11.9 Å². The summed E-state index contributed by atoms with van der Waals surface area (Å²) in [5, 5.41) is 3.42. The fourth-order valence-electron chi connectivity index (χ4n) is 1.52. The normalized spacial score (nSPS) is 12.4. The van der Waals surface area contributed by atoms with Crippen LogP contribution in [-0.4, -0.2) is 23.0 Å². The molecule has 1 N–H and O–H groups in total. The Morgan fingerprint density at radius 3 is 3.00 bits per heavy atom. The molecule has 0 saturated carbocycles. The Balaban J connectivity index is 2.37. The fourth-order valence-corrected chi connectivity index (χ4v) is 2.12. The summed E-state index contributed by atoms with van der Waals surface area (Å²) in [6.07, 6.45) is 4.13. The number of nitrogens with zero attached hydrogens (tertiary/aromatic N) is 1. The van der Waals surface area contributed by atoms with Crippen LogP contribution in [-0.2, 0) is 0 Å². The van der Waals surface area contributed by atoms with Gasteiger partial charge in [0.2, 0.25) is 0 Å². The summed E-state index contributed by atoms with van der Waals surface area (Å²) in [5.41, 5.74) is 0.905. The summed E-state index contributed by atoms with van der Waals surface area (Å²) < 4.78 is 12.7. The van der Waals surface area contributed by atoms with Crippen LogP contribution in [0, 0.1) is 5.82 Å². The molecule has 0 saturated heterocycles. The number of aromatic nitrogens is 1. The highest BCUT2D eigenvalue weighted by molar-refractivity contribution is 7.99. The van der Waals surface area contributed by atoms with Gasteiger partial charge in [0, 0.05) is 24.1 Å². The standard InChI is InChI=1S/C13H19FN2S/c1-3-8-17-9-7-15-12(4-2)13-6-5-11(14)10-16-13/h3,5-6,10,12,15H,1,4,7-9H2,2H3. The van der Waals surface area contributed by atoms with Gasteiger partial charge in [-0.15, -0.1) is 6.58 Å². The van der Waals surface area contributed by atoms with Crippen LogP contribution >= 0.6 is 11.8 Å². The lowest BCUT2D eigenvalue weighted by Crippen LogP contribution is -2.24.